The number of aryl methyl sites for hydroxylation is 1. The maximum Gasteiger partial charge on any atom is 0.141 e. The first-order valence-corrected chi connectivity index (χ1v) is 8.26. The van der Waals surface area contributed by atoms with E-state index >= 15 is 0 Å². The smallest absolute Gasteiger partial charge is 0.141 e. The molecule has 0 radical (unpaired) electrons. The Hall–Kier alpha value is -0.640. The maximum atomic E-state index is 6.03. The summed E-state index contributed by atoms with van der Waals surface area (Å²) in [6.45, 7) is 4.45. The Balaban J connectivity index is 2.24. The first-order valence-electron chi connectivity index (χ1n) is 7.47. The highest BCUT2D eigenvalue weighted by atomic mass is 79.9. The van der Waals surface area contributed by atoms with Crippen LogP contribution in [-0.4, -0.2) is 9.97 Å². The van der Waals surface area contributed by atoms with E-state index in [9.17, 15) is 0 Å². The topological polar surface area (TPSA) is 51.8 Å². The predicted octanol–water partition coefficient (Wildman–Crippen LogP) is 4.46. The van der Waals surface area contributed by atoms with Crippen molar-refractivity contribution in [1.29, 1.82) is 0 Å². The Labute approximate surface area is 124 Å². The molecule has 3 nitrogen and oxygen atoms in total. The zero-order valence-corrected chi connectivity index (χ0v) is 13.5. The molecule has 4 heteroatoms. The minimum atomic E-state index is 0.504. The van der Waals surface area contributed by atoms with Crippen LogP contribution >= 0.6 is 15.9 Å². The molecule has 0 amide bonds. The summed E-state index contributed by atoms with van der Waals surface area (Å²) in [5, 5.41) is 0. The van der Waals surface area contributed by atoms with Crippen LogP contribution in [0.2, 0.25) is 0 Å². The van der Waals surface area contributed by atoms with Crippen molar-refractivity contribution in [2.24, 2.45) is 5.92 Å². The average Bonchev–Trinajstić information content (AvgIpc) is 2.44. The van der Waals surface area contributed by atoms with Gasteiger partial charge in [-0.25, -0.2) is 9.97 Å². The monoisotopic (exact) mass is 325 g/mol. The van der Waals surface area contributed by atoms with Gasteiger partial charge in [0.05, 0.1) is 10.2 Å². The summed E-state index contributed by atoms with van der Waals surface area (Å²) in [6.07, 6.45) is 8.41. The van der Waals surface area contributed by atoms with Gasteiger partial charge >= 0.3 is 0 Å². The molecule has 0 spiro atoms. The van der Waals surface area contributed by atoms with E-state index in [1.165, 1.54) is 32.1 Å². The van der Waals surface area contributed by atoms with Gasteiger partial charge in [0.2, 0.25) is 0 Å². The summed E-state index contributed by atoms with van der Waals surface area (Å²) in [4.78, 5) is 9.31. The van der Waals surface area contributed by atoms with Crippen LogP contribution in [-0.2, 0) is 6.42 Å². The summed E-state index contributed by atoms with van der Waals surface area (Å²) in [5.41, 5.74) is 7.10. The number of nitrogen functional groups attached to an aromatic ring is 1. The van der Waals surface area contributed by atoms with E-state index in [4.69, 9.17) is 10.7 Å². The molecule has 0 aromatic carbocycles. The van der Waals surface area contributed by atoms with Gasteiger partial charge in [0, 0.05) is 5.92 Å². The Kier molecular flexibility index (Phi) is 5.20. The van der Waals surface area contributed by atoms with E-state index in [1.54, 1.807) is 0 Å². The number of rotatable bonds is 4. The zero-order chi connectivity index (χ0) is 13.8. The molecular formula is C15H24BrN3. The molecule has 106 valence electrons. The largest absolute Gasteiger partial charge is 0.383 e. The van der Waals surface area contributed by atoms with Crippen molar-refractivity contribution in [2.75, 3.05) is 5.73 Å². The van der Waals surface area contributed by atoms with Crippen LogP contribution in [0.25, 0.3) is 0 Å². The van der Waals surface area contributed by atoms with Crippen LogP contribution in [0.3, 0.4) is 0 Å². The van der Waals surface area contributed by atoms with Gasteiger partial charge in [-0.15, -0.1) is 0 Å². The van der Waals surface area contributed by atoms with E-state index in [2.05, 4.69) is 34.8 Å². The van der Waals surface area contributed by atoms with E-state index in [1.807, 2.05) is 0 Å². The molecule has 1 aliphatic rings. The first-order chi connectivity index (χ1) is 9.15. The minimum absolute atomic E-state index is 0.504. The van der Waals surface area contributed by atoms with E-state index in [0.717, 1.165) is 34.8 Å². The van der Waals surface area contributed by atoms with Crippen molar-refractivity contribution in [1.82, 2.24) is 9.97 Å². The standard InChI is InChI=1S/C15H24BrN3/c1-3-6-12-13(16)14(17)19-15(18-12)11-8-5-7-10(4-2)9-11/h10-11H,3-9H2,1-2H3,(H2,17,18,19). The molecule has 19 heavy (non-hydrogen) atoms. The maximum absolute atomic E-state index is 6.03. The number of halogens is 1. The number of anilines is 1. The van der Waals surface area contributed by atoms with Gasteiger partial charge in [-0.05, 0) is 41.1 Å². The molecule has 1 aromatic heterocycles. The van der Waals surface area contributed by atoms with Crippen molar-refractivity contribution in [3.05, 3.63) is 16.0 Å². The summed E-state index contributed by atoms with van der Waals surface area (Å²) in [7, 11) is 0. The summed E-state index contributed by atoms with van der Waals surface area (Å²) in [5.74, 6) is 2.92. The lowest BCUT2D eigenvalue weighted by Gasteiger charge is -2.27. The molecule has 0 saturated heterocycles. The lowest BCUT2D eigenvalue weighted by molar-refractivity contribution is 0.307. The molecule has 1 heterocycles. The van der Waals surface area contributed by atoms with E-state index in [0.29, 0.717) is 11.7 Å². The molecule has 2 N–H and O–H groups in total. The van der Waals surface area contributed by atoms with Crippen molar-refractivity contribution < 1.29 is 0 Å². The zero-order valence-electron chi connectivity index (χ0n) is 12.0. The molecule has 1 fully saturated rings. The molecular weight excluding hydrogens is 302 g/mol. The molecule has 1 aliphatic carbocycles. The minimum Gasteiger partial charge on any atom is -0.383 e. The predicted molar refractivity (Wildman–Crippen MR) is 83.1 cm³/mol. The third kappa shape index (κ3) is 3.47. The van der Waals surface area contributed by atoms with Crippen molar-refractivity contribution in [3.8, 4) is 0 Å². The van der Waals surface area contributed by atoms with E-state index in [-0.39, 0.29) is 0 Å². The highest BCUT2D eigenvalue weighted by Gasteiger charge is 2.25. The van der Waals surface area contributed by atoms with Crippen LogP contribution in [0.4, 0.5) is 5.82 Å². The molecule has 1 saturated carbocycles. The van der Waals surface area contributed by atoms with Gasteiger partial charge in [0.25, 0.3) is 0 Å². The Morgan fingerprint density at radius 2 is 2.05 bits per heavy atom. The van der Waals surface area contributed by atoms with Gasteiger partial charge in [0.15, 0.2) is 0 Å². The third-order valence-corrected chi connectivity index (χ3v) is 5.04. The van der Waals surface area contributed by atoms with Gasteiger partial charge in [0.1, 0.15) is 11.6 Å². The van der Waals surface area contributed by atoms with Crippen molar-refractivity contribution in [2.45, 2.75) is 64.7 Å². The summed E-state index contributed by atoms with van der Waals surface area (Å²) in [6, 6.07) is 0. The van der Waals surface area contributed by atoms with Crippen LogP contribution in [0.5, 0.6) is 0 Å². The summed E-state index contributed by atoms with van der Waals surface area (Å²) < 4.78 is 0.890. The van der Waals surface area contributed by atoms with Crippen LogP contribution in [0, 0.1) is 5.92 Å². The fourth-order valence-corrected chi connectivity index (χ4v) is 3.39. The lowest BCUT2D eigenvalue weighted by Crippen LogP contribution is -2.17. The van der Waals surface area contributed by atoms with Crippen LogP contribution in [0.15, 0.2) is 4.47 Å². The fraction of sp³-hybridized carbons (Fsp3) is 0.733. The number of nitrogens with two attached hydrogens (primary N) is 1. The van der Waals surface area contributed by atoms with Gasteiger partial charge in [-0.1, -0.05) is 39.5 Å². The first kappa shape index (κ1) is 14.8. The lowest BCUT2D eigenvalue weighted by atomic mass is 9.80. The normalized spacial score (nSPS) is 23.5. The number of aromatic nitrogens is 2. The molecule has 2 rings (SSSR count). The fourth-order valence-electron chi connectivity index (χ4n) is 3.01. The average molecular weight is 326 g/mol. The molecule has 1 aromatic rings. The Morgan fingerprint density at radius 1 is 1.26 bits per heavy atom. The molecule has 2 unspecified atom stereocenters. The second kappa shape index (κ2) is 6.69. The van der Waals surface area contributed by atoms with Gasteiger partial charge < -0.3 is 5.73 Å². The number of hydrogen-bond acceptors (Lipinski definition) is 3. The molecule has 0 bridgehead atoms. The van der Waals surface area contributed by atoms with Gasteiger partial charge in [-0.2, -0.15) is 0 Å². The van der Waals surface area contributed by atoms with Crippen molar-refractivity contribution >= 4 is 21.7 Å². The van der Waals surface area contributed by atoms with Crippen molar-refractivity contribution in [3.63, 3.8) is 0 Å². The summed E-state index contributed by atoms with van der Waals surface area (Å²) >= 11 is 3.51. The number of nitrogens with zero attached hydrogens (tertiary/aromatic N) is 2. The second-order valence-electron chi connectivity index (χ2n) is 5.62. The Bertz CT molecular complexity index is 434. The SMILES string of the molecule is CCCc1nc(C2CCCC(CC)C2)nc(N)c1Br. The second-order valence-corrected chi connectivity index (χ2v) is 6.41. The van der Waals surface area contributed by atoms with Crippen LogP contribution < -0.4 is 5.73 Å². The quantitative estimate of drug-likeness (QED) is 0.889. The molecule has 2 atom stereocenters. The number of hydrogen-bond donors (Lipinski definition) is 1. The van der Waals surface area contributed by atoms with Crippen LogP contribution in [0.1, 0.15) is 69.8 Å². The molecule has 0 aliphatic heterocycles. The Morgan fingerprint density at radius 3 is 2.74 bits per heavy atom. The van der Waals surface area contributed by atoms with E-state index < -0.39 is 0 Å². The third-order valence-electron chi connectivity index (χ3n) is 4.17. The highest BCUT2D eigenvalue weighted by molar-refractivity contribution is 9.10. The van der Waals surface area contributed by atoms with Gasteiger partial charge in [-0.3, -0.25) is 0 Å². The highest BCUT2D eigenvalue weighted by Crippen LogP contribution is 2.37.